The molecular formula is C25H26NP. The summed E-state index contributed by atoms with van der Waals surface area (Å²) in [5.74, 6) is 0. The predicted octanol–water partition coefficient (Wildman–Crippen LogP) is 6.37. The van der Waals surface area contributed by atoms with Crippen LogP contribution in [0, 0.1) is 0 Å². The third-order valence-corrected chi connectivity index (χ3v) is 6.48. The molecule has 0 aliphatic rings. The van der Waals surface area contributed by atoms with Crippen LogP contribution in [0.15, 0.2) is 78.9 Å². The van der Waals surface area contributed by atoms with E-state index in [0.29, 0.717) is 6.54 Å². The summed E-state index contributed by atoms with van der Waals surface area (Å²) < 4.78 is 0. The lowest BCUT2D eigenvalue weighted by atomic mass is 9.80. The molecule has 2 N–H and O–H groups in total. The Morgan fingerprint density at radius 1 is 0.815 bits per heavy atom. The largest absolute Gasteiger partial charge is 0.326 e. The summed E-state index contributed by atoms with van der Waals surface area (Å²) in [6, 6.07) is 28.7. The lowest BCUT2D eigenvalue weighted by Crippen LogP contribution is -2.21. The van der Waals surface area contributed by atoms with Gasteiger partial charge < -0.3 is 5.73 Å². The van der Waals surface area contributed by atoms with Gasteiger partial charge in [0.15, 0.2) is 0 Å². The Kier molecular flexibility index (Phi) is 5.00. The van der Waals surface area contributed by atoms with Gasteiger partial charge in [0.05, 0.1) is 0 Å². The maximum atomic E-state index is 5.82. The maximum absolute atomic E-state index is 5.82. The molecule has 2 atom stereocenters. The number of rotatable bonds is 5. The van der Waals surface area contributed by atoms with E-state index < -0.39 is 0 Å². The smallest absolute Gasteiger partial charge is 0.0356 e. The highest BCUT2D eigenvalue weighted by molar-refractivity contribution is 7.19. The Bertz CT molecular complexity index is 1030. The van der Waals surface area contributed by atoms with Crippen LogP contribution >= 0.6 is 9.24 Å². The number of nitrogens with two attached hydrogens (primary N) is 1. The van der Waals surface area contributed by atoms with Crippen molar-refractivity contribution >= 4 is 30.8 Å². The third-order valence-electron chi connectivity index (χ3n) is 5.57. The molecule has 0 spiro atoms. The van der Waals surface area contributed by atoms with Crippen LogP contribution in [0.5, 0.6) is 0 Å². The van der Waals surface area contributed by atoms with Gasteiger partial charge in [-0.05, 0) is 50.7 Å². The van der Waals surface area contributed by atoms with Gasteiger partial charge in [-0.2, -0.15) is 0 Å². The fourth-order valence-corrected chi connectivity index (χ4v) is 5.03. The minimum atomic E-state index is -0.137. The minimum absolute atomic E-state index is 0.137. The van der Waals surface area contributed by atoms with Crippen molar-refractivity contribution in [1.29, 1.82) is 0 Å². The topological polar surface area (TPSA) is 26.0 Å². The van der Waals surface area contributed by atoms with Crippen molar-refractivity contribution in [2.75, 3.05) is 0 Å². The minimum Gasteiger partial charge on any atom is -0.326 e. The normalized spacial score (nSPS) is 13.7. The summed E-state index contributed by atoms with van der Waals surface area (Å²) in [6.45, 7) is 2.84. The average Bonchev–Trinajstić information content (AvgIpc) is 2.72. The zero-order valence-corrected chi connectivity index (χ0v) is 16.9. The maximum Gasteiger partial charge on any atom is 0.0356 e. The first-order chi connectivity index (χ1) is 13.2. The molecule has 4 rings (SSSR count). The predicted molar refractivity (Wildman–Crippen MR) is 121 cm³/mol. The molecule has 0 bridgehead atoms. The third kappa shape index (κ3) is 3.16. The summed E-state index contributed by atoms with van der Waals surface area (Å²) in [6.07, 6.45) is 2.18. The molecule has 0 amide bonds. The zero-order valence-electron chi connectivity index (χ0n) is 15.8. The van der Waals surface area contributed by atoms with E-state index in [9.17, 15) is 0 Å². The molecule has 27 heavy (non-hydrogen) atoms. The van der Waals surface area contributed by atoms with Gasteiger partial charge in [0.1, 0.15) is 0 Å². The summed E-state index contributed by atoms with van der Waals surface area (Å²) >= 11 is 0. The second-order valence-corrected chi connectivity index (χ2v) is 8.30. The van der Waals surface area contributed by atoms with Crippen molar-refractivity contribution in [3.63, 3.8) is 0 Å². The van der Waals surface area contributed by atoms with Crippen molar-refractivity contribution in [2.24, 2.45) is 5.73 Å². The van der Waals surface area contributed by atoms with E-state index in [0.717, 1.165) is 12.8 Å². The molecule has 0 aliphatic heterocycles. The first kappa shape index (κ1) is 18.2. The molecule has 4 aromatic carbocycles. The Balaban J connectivity index is 2.08. The lowest BCUT2D eigenvalue weighted by Gasteiger charge is -2.33. The van der Waals surface area contributed by atoms with E-state index in [-0.39, 0.29) is 5.16 Å². The Labute approximate surface area is 163 Å². The summed E-state index contributed by atoms with van der Waals surface area (Å²) in [7, 11) is 3.21. The molecule has 1 nitrogen and oxygen atoms in total. The molecule has 2 heteroatoms. The number of benzene rings is 4. The molecule has 0 radical (unpaired) electrons. The van der Waals surface area contributed by atoms with Crippen molar-refractivity contribution in [1.82, 2.24) is 0 Å². The van der Waals surface area contributed by atoms with Gasteiger partial charge in [0.25, 0.3) is 0 Å². The van der Waals surface area contributed by atoms with Crippen molar-refractivity contribution in [3.05, 3.63) is 95.6 Å². The summed E-state index contributed by atoms with van der Waals surface area (Å²) in [4.78, 5) is 0. The second kappa shape index (κ2) is 7.43. The molecule has 0 fully saturated rings. The fraction of sp³-hybridized carbons (Fsp3) is 0.200. The van der Waals surface area contributed by atoms with Crippen molar-refractivity contribution in [2.45, 2.75) is 31.5 Å². The molecule has 136 valence electrons. The van der Waals surface area contributed by atoms with E-state index in [4.69, 9.17) is 5.73 Å². The van der Waals surface area contributed by atoms with Gasteiger partial charge in [-0.15, -0.1) is 9.24 Å². The quantitative estimate of drug-likeness (QED) is 0.320. The van der Waals surface area contributed by atoms with Crippen LogP contribution < -0.4 is 5.73 Å². The van der Waals surface area contributed by atoms with Crippen LogP contribution in [-0.2, 0) is 11.7 Å². The molecule has 4 aromatic rings. The van der Waals surface area contributed by atoms with Crippen LogP contribution in [0.1, 0.15) is 36.5 Å². The summed E-state index contributed by atoms with van der Waals surface area (Å²) in [5, 5.41) is 5.13. The van der Waals surface area contributed by atoms with Gasteiger partial charge in [-0.25, -0.2) is 0 Å². The van der Waals surface area contributed by atoms with Crippen molar-refractivity contribution < 1.29 is 0 Å². The SMILES string of the molecule is CCCC(P)(c1ccc(CN)cc1)c1c2ccccc2cc2ccccc12. The highest BCUT2D eigenvalue weighted by atomic mass is 31.0. The molecule has 0 saturated heterocycles. The van der Waals surface area contributed by atoms with Gasteiger partial charge in [-0.3, -0.25) is 0 Å². The highest BCUT2D eigenvalue weighted by Crippen LogP contribution is 2.48. The number of hydrogen-bond donors (Lipinski definition) is 1. The molecule has 0 aromatic heterocycles. The molecular weight excluding hydrogens is 345 g/mol. The zero-order chi connectivity index (χ0) is 18.9. The molecule has 2 unspecified atom stereocenters. The van der Waals surface area contributed by atoms with E-state index in [2.05, 4.69) is 95.0 Å². The van der Waals surface area contributed by atoms with Gasteiger partial charge in [-0.1, -0.05) is 86.1 Å². The van der Waals surface area contributed by atoms with Crippen molar-refractivity contribution in [3.8, 4) is 0 Å². The number of fused-ring (bicyclic) bond motifs is 2. The van der Waals surface area contributed by atoms with Crippen LogP contribution in [0.2, 0.25) is 0 Å². The van der Waals surface area contributed by atoms with Gasteiger partial charge in [0.2, 0.25) is 0 Å². The molecule has 0 saturated carbocycles. The molecule has 0 heterocycles. The Hall–Kier alpha value is -2.21. The van der Waals surface area contributed by atoms with Gasteiger partial charge in [0, 0.05) is 11.7 Å². The van der Waals surface area contributed by atoms with E-state index in [1.54, 1.807) is 0 Å². The van der Waals surface area contributed by atoms with Gasteiger partial charge >= 0.3 is 0 Å². The van der Waals surface area contributed by atoms with Crippen LogP contribution in [-0.4, -0.2) is 0 Å². The number of hydrogen-bond acceptors (Lipinski definition) is 1. The fourth-order valence-electron chi connectivity index (χ4n) is 4.24. The standard InChI is InChI=1S/C25H26NP/c1-2-15-25(27,21-13-11-18(17-26)12-14-21)24-22-9-5-3-7-19(22)16-20-8-4-6-10-23(20)24/h3-14,16H,2,15,17,26-27H2,1H3. The summed E-state index contributed by atoms with van der Waals surface area (Å²) in [5.41, 5.74) is 9.73. The van der Waals surface area contributed by atoms with Crippen LogP contribution in [0.3, 0.4) is 0 Å². The highest BCUT2D eigenvalue weighted by Gasteiger charge is 2.31. The van der Waals surface area contributed by atoms with E-state index >= 15 is 0 Å². The Morgan fingerprint density at radius 2 is 1.37 bits per heavy atom. The Morgan fingerprint density at radius 3 is 1.89 bits per heavy atom. The van der Waals surface area contributed by atoms with E-state index in [1.165, 1.54) is 38.2 Å². The monoisotopic (exact) mass is 371 g/mol. The van der Waals surface area contributed by atoms with E-state index in [1.807, 2.05) is 0 Å². The first-order valence-electron chi connectivity index (χ1n) is 9.66. The molecule has 0 aliphatic carbocycles. The van der Waals surface area contributed by atoms with Crippen LogP contribution in [0.25, 0.3) is 21.5 Å². The second-order valence-electron chi connectivity index (χ2n) is 7.32. The van der Waals surface area contributed by atoms with Crippen LogP contribution in [0.4, 0.5) is 0 Å². The average molecular weight is 371 g/mol. The first-order valence-corrected chi connectivity index (χ1v) is 10.2. The lowest BCUT2D eigenvalue weighted by molar-refractivity contribution is 0.653.